The Morgan fingerprint density at radius 3 is 2.15 bits per heavy atom. The number of rotatable bonds is 3. The number of nitrogens with zero attached hydrogens (tertiary/aromatic N) is 2. The number of carbonyl (C=O) groups excluding carboxylic acids is 2. The van der Waals surface area contributed by atoms with Crippen molar-refractivity contribution in [2.24, 2.45) is 11.8 Å². The molecule has 0 spiro atoms. The molecule has 1 aromatic carbocycles. The molecule has 2 aliphatic rings. The second-order valence-corrected chi connectivity index (χ2v) is 8.21. The van der Waals surface area contributed by atoms with E-state index in [-0.39, 0.29) is 17.9 Å². The number of benzene rings is 1. The topological polar surface area (TPSA) is 99.0 Å². The van der Waals surface area contributed by atoms with Crippen molar-refractivity contribution in [1.29, 1.82) is 0 Å². The minimum Gasteiger partial charge on any atom is -0.459 e. The number of non-ortho nitro benzene ring substituents is 1. The van der Waals surface area contributed by atoms with Gasteiger partial charge in [0.1, 0.15) is 11.7 Å². The van der Waals surface area contributed by atoms with Crippen LogP contribution in [-0.2, 0) is 9.47 Å². The Morgan fingerprint density at radius 1 is 1.11 bits per heavy atom. The fourth-order valence-electron chi connectivity index (χ4n) is 3.75. The number of carbonyl (C=O) groups is 2. The van der Waals surface area contributed by atoms with E-state index in [1.165, 1.54) is 24.3 Å². The van der Waals surface area contributed by atoms with E-state index in [9.17, 15) is 19.7 Å². The predicted octanol–water partition coefficient (Wildman–Crippen LogP) is 3.40. The fourth-order valence-corrected chi connectivity index (χ4v) is 3.75. The van der Waals surface area contributed by atoms with Gasteiger partial charge in [-0.2, -0.15) is 0 Å². The first-order chi connectivity index (χ1) is 12.6. The summed E-state index contributed by atoms with van der Waals surface area (Å²) in [6.07, 6.45) is 0.936. The molecule has 1 aliphatic heterocycles. The smallest absolute Gasteiger partial charge is 0.410 e. The summed E-state index contributed by atoms with van der Waals surface area (Å²) in [5.74, 6) is 0.123. The molecule has 0 bridgehead atoms. The quantitative estimate of drug-likeness (QED) is 0.455. The van der Waals surface area contributed by atoms with E-state index in [4.69, 9.17) is 9.47 Å². The van der Waals surface area contributed by atoms with Gasteiger partial charge in [-0.3, -0.25) is 10.1 Å². The Bertz CT molecular complexity index is 726. The largest absolute Gasteiger partial charge is 0.459 e. The second-order valence-electron chi connectivity index (χ2n) is 8.21. The molecule has 8 heteroatoms. The number of nitro benzene ring substituents is 1. The van der Waals surface area contributed by atoms with Crippen LogP contribution in [0.4, 0.5) is 10.5 Å². The Balaban J connectivity index is 1.51. The van der Waals surface area contributed by atoms with Gasteiger partial charge in [0.2, 0.25) is 0 Å². The van der Waals surface area contributed by atoms with Crippen LogP contribution in [0.3, 0.4) is 0 Å². The lowest BCUT2D eigenvalue weighted by Crippen LogP contribution is -2.36. The molecule has 1 saturated carbocycles. The van der Waals surface area contributed by atoms with Crippen LogP contribution in [0.5, 0.6) is 0 Å². The van der Waals surface area contributed by atoms with E-state index in [1.807, 2.05) is 20.8 Å². The zero-order chi connectivity index (χ0) is 19.8. The molecule has 0 aromatic heterocycles. The second kappa shape index (κ2) is 7.17. The van der Waals surface area contributed by atoms with E-state index in [2.05, 4.69) is 0 Å². The first kappa shape index (κ1) is 19.1. The van der Waals surface area contributed by atoms with Crippen molar-refractivity contribution in [3.63, 3.8) is 0 Å². The third-order valence-electron chi connectivity index (χ3n) is 4.95. The van der Waals surface area contributed by atoms with E-state index < -0.39 is 16.5 Å². The molecule has 1 unspecified atom stereocenters. The minimum atomic E-state index is -0.516. The number of amides is 1. The molecule has 27 heavy (non-hydrogen) atoms. The molecule has 146 valence electrons. The minimum absolute atomic E-state index is 0.0656. The number of nitro groups is 1. The molecule has 1 aromatic rings. The van der Waals surface area contributed by atoms with Gasteiger partial charge in [0, 0.05) is 25.2 Å². The first-order valence-electron chi connectivity index (χ1n) is 9.06. The molecule has 3 atom stereocenters. The molecule has 1 saturated heterocycles. The lowest BCUT2D eigenvalue weighted by atomic mass is 10.0. The maximum absolute atomic E-state index is 12.3. The Hall–Kier alpha value is -2.64. The van der Waals surface area contributed by atoms with Gasteiger partial charge in [-0.1, -0.05) is 0 Å². The molecule has 0 N–H and O–H groups in total. The van der Waals surface area contributed by atoms with Gasteiger partial charge in [0.25, 0.3) is 5.69 Å². The number of esters is 1. The number of ether oxygens (including phenoxy) is 2. The van der Waals surface area contributed by atoms with Crippen molar-refractivity contribution < 1.29 is 24.0 Å². The lowest BCUT2D eigenvalue weighted by molar-refractivity contribution is -0.384. The lowest BCUT2D eigenvalue weighted by Gasteiger charge is -2.25. The summed E-state index contributed by atoms with van der Waals surface area (Å²) in [5.41, 5.74) is -0.283. The van der Waals surface area contributed by atoms with Crippen molar-refractivity contribution in [3.8, 4) is 0 Å². The first-order valence-corrected chi connectivity index (χ1v) is 9.06. The molecular formula is C19H24N2O6. The van der Waals surface area contributed by atoms with Crippen LogP contribution in [0.2, 0.25) is 0 Å². The van der Waals surface area contributed by atoms with Crippen LogP contribution in [0.15, 0.2) is 24.3 Å². The SMILES string of the molecule is CC(C)(C)OC(=O)N1C[C@H]2CC(OC(=O)c3ccc([N+](=O)[O-])cc3)C[C@H]2C1. The Morgan fingerprint density at radius 2 is 1.67 bits per heavy atom. The van der Waals surface area contributed by atoms with Crippen LogP contribution in [0.25, 0.3) is 0 Å². The molecule has 1 amide bonds. The number of likely N-dealkylation sites (tertiary alicyclic amines) is 1. The van der Waals surface area contributed by atoms with Crippen molar-refractivity contribution in [3.05, 3.63) is 39.9 Å². The predicted molar refractivity (Wildman–Crippen MR) is 96.3 cm³/mol. The molecular weight excluding hydrogens is 352 g/mol. The Kier molecular flexibility index (Phi) is 5.08. The van der Waals surface area contributed by atoms with Crippen molar-refractivity contribution in [2.45, 2.75) is 45.3 Å². The maximum Gasteiger partial charge on any atom is 0.410 e. The van der Waals surface area contributed by atoms with Gasteiger partial charge in [-0.15, -0.1) is 0 Å². The van der Waals surface area contributed by atoms with E-state index >= 15 is 0 Å². The highest BCUT2D eigenvalue weighted by atomic mass is 16.6. The number of hydrogen-bond acceptors (Lipinski definition) is 6. The van der Waals surface area contributed by atoms with Crippen LogP contribution in [0.1, 0.15) is 44.0 Å². The van der Waals surface area contributed by atoms with Crippen LogP contribution >= 0.6 is 0 Å². The van der Waals surface area contributed by atoms with Crippen molar-refractivity contribution in [1.82, 2.24) is 4.90 Å². The summed E-state index contributed by atoms with van der Waals surface area (Å²) >= 11 is 0. The third-order valence-corrected chi connectivity index (χ3v) is 4.95. The highest BCUT2D eigenvalue weighted by molar-refractivity contribution is 5.89. The molecule has 1 heterocycles. The summed E-state index contributed by atoms with van der Waals surface area (Å²) in [5, 5.41) is 10.7. The highest BCUT2D eigenvalue weighted by Crippen LogP contribution is 2.40. The van der Waals surface area contributed by atoms with Crippen LogP contribution in [0, 0.1) is 22.0 Å². The molecule has 3 rings (SSSR count). The van der Waals surface area contributed by atoms with Gasteiger partial charge >= 0.3 is 12.1 Å². The molecule has 8 nitrogen and oxygen atoms in total. The average Bonchev–Trinajstić information content (AvgIpc) is 3.11. The van der Waals surface area contributed by atoms with Gasteiger partial charge in [-0.05, 0) is 57.6 Å². The zero-order valence-electron chi connectivity index (χ0n) is 15.7. The average molecular weight is 376 g/mol. The number of hydrogen-bond donors (Lipinski definition) is 0. The number of fused-ring (bicyclic) bond motifs is 1. The normalized spacial score (nSPS) is 24.4. The monoisotopic (exact) mass is 376 g/mol. The van der Waals surface area contributed by atoms with Crippen LogP contribution in [-0.4, -0.2) is 46.7 Å². The fraction of sp³-hybridized carbons (Fsp3) is 0.579. The molecule has 1 aliphatic carbocycles. The van der Waals surface area contributed by atoms with E-state index in [1.54, 1.807) is 4.90 Å². The molecule has 2 fully saturated rings. The zero-order valence-corrected chi connectivity index (χ0v) is 15.7. The van der Waals surface area contributed by atoms with E-state index in [0.29, 0.717) is 43.3 Å². The van der Waals surface area contributed by atoms with Gasteiger partial charge in [0.05, 0.1) is 10.5 Å². The summed E-state index contributed by atoms with van der Waals surface area (Å²) < 4.78 is 11.0. The van der Waals surface area contributed by atoms with Crippen molar-refractivity contribution in [2.75, 3.05) is 13.1 Å². The van der Waals surface area contributed by atoms with Crippen LogP contribution < -0.4 is 0 Å². The van der Waals surface area contributed by atoms with Gasteiger partial charge in [-0.25, -0.2) is 9.59 Å². The summed E-state index contributed by atoms with van der Waals surface area (Å²) in [7, 11) is 0. The third kappa shape index (κ3) is 4.56. The van der Waals surface area contributed by atoms with E-state index in [0.717, 1.165) is 0 Å². The van der Waals surface area contributed by atoms with Gasteiger partial charge in [0.15, 0.2) is 0 Å². The summed E-state index contributed by atoms with van der Waals surface area (Å²) in [4.78, 5) is 36.3. The Labute approximate surface area is 157 Å². The van der Waals surface area contributed by atoms with Gasteiger partial charge < -0.3 is 14.4 Å². The standard InChI is InChI=1S/C19H24N2O6/c1-19(2,3)27-18(23)20-10-13-8-16(9-14(13)11-20)26-17(22)12-4-6-15(7-5-12)21(24)25/h4-7,13-14,16H,8-11H2,1-3H3/t13-,14+,16?. The summed E-state index contributed by atoms with van der Waals surface area (Å²) in [6, 6.07) is 5.39. The maximum atomic E-state index is 12.3. The van der Waals surface area contributed by atoms with Crippen molar-refractivity contribution >= 4 is 17.7 Å². The highest BCUT2D eigenvalue weighted by Gasteiger charge is 2.44. The molecule has 0 radical (unpaired) electrons. The summed E-state index contributed by atoms with van der Waals surface area (Å²) in [6.45, 7) is 6.76.